The Morgan fingerprint density at radius 2 is 1.58 bits per heavy atom. The van der Waals surface area contributed by atoms with Crippen LogP contribution in [-0.2, 0) is 14.3 Å². The molecule has 2 atom stereocenters. The molecule has 1 saturated carbocycles. The van der Waals surface area contributed by atoms with Gasteiger partial charge in [-0.3, -0.25) is 9.59 Å². The fraction of sp³-hybridized carbons (Fsp3) is 0.714. The Kier molecular flexibility index (Phi) is 1.83. The predicted octanol–water partition coefficient (Wildman–Crippen LogP) is -0.193. The molecule has 0 aliphatic heterocycles. The minimum absolute atomic E-state index is 0.917. The zero-order valence-electron chi connectivity index (χ0n) is 6.77. The number of rotatable bonds is 3. The first-order valence-corrected chi connectivity index (χ1v) is 3.46. The first-order chi connectivity index (χ1) is 5.45. The Labute approximate surface area is 68.9 Å². The van der Waals surface area contributed by atoms with E-state index in [0.717, 1.165) is 0 Å². The van der Waals surface area contributed by atoms with Crippen molar-refractivity contribution in [3.8, 4) is 0 Å². The summed E-state index contributed by atoms with van der Waals surface area (Å²) in [6, 6.07) is 0. The molecule has 5 heteroatoms. The molecule has 68 valence electrons. The summed E-state index contributed by atoms with van der Waals surface area (Å²) in [6.07, 6.45) is 0. The van der Waals surface area contributed by atoms with Gasteiger partial charge in [0.05, 0.1) is 5.60 Å². The van der Waals surface area contributed by atoms with Crippen LogP contribution >= 0.6 is 0 Å². The van der Waals surface area contributed by atoms with Crippen LogP contribution in [0.15, 0.2) is 0 Å². The topological polar surface area (TPSA) is 83.8 Å². The number of carbonyl (C=O) groups is 2. The van der Waals surface area contributed by atoms with Gasteiger partial charge in [-0.2, -0.15) is 0 Å². The second-order valence-corrected chi connectivity index (χ2v) is 3.02. The third-order valence-electron chi connectivity index (χ3n) is 2.43. The quantitative estimate of drug-likeness (QED) is 0.619. The molecule has 0 spiro atoms. The average Bonchev–Trinajstić information content (AvgIpc) is 2.58. The van der Waals surface area contributed by atoms with Gasteiger partial charge in [-0.15, -0.1) is 0 Å². The minimum atomic E-state index is -1.12. The molecule has 2 N–H and O–H groups in total. The Bertz CT molecular complexity index is 214. The van der Waals surface area contributed by atoms with Gasteiger partial charge in [0.15, 0.2) is 0 Å². The van der Waals surface area contributed by atoms with Gasteiger partial charge in [0.1, 0.15) is 11.8 Å². The summed E-state index contributed by atoms with van der Waals surface area (Å²) >= 11 is 0. The monoisotopic (exact) mass is 174 g/mol. The van der Waals surface area contributed by atoms with Crippen LogP contribution in [0.25, 0.3) is 0 Å². The molecule has 12 heavy (non-hydrogen) atoms. The van der Waals surface area contributed by atoms with E-state index in [0.29, 0.717) is 0 Å². The van der Waals surface area contributed by atoms with E-state index in [4.69, 9.17) is 14.9 Å². The fourth-order valence-electron chi connectivity index (χ4n) is 1.52. The summed E-state index contributed by atoms with van der Waals surface area (Å²) in [5.41, 5.74) is -1.03. The normalized spacial score (nSPS) is 39.2. The highest BCUT2D eigenvalue weighted by Crippen LogP contribution is 2.53. The highest BCUT2D eigenvalue weighted by molar-refractivity contribution is 5.89. The van der Waals surface area contributed by atoms with Gasteiger partial charge >= 0.3 is 11.9 Å². The van der Waals surface area contributed by atoms with Gasteiger partial charge in [-0.05, 0) is 6.92 Å². The average molecular weight is 174 g/mol. The van der Waals surface area contributed by atoms with Gasteiger partial charge in [-0.1, -0.05) is 0 Å². The van der Waals surface area contributed by atoms with Crippen LogP contribution in [-0.4, -0.2) is 34.9 Å². The summed E-state index contributed by atoms with van der Waals surface area (Å²) in [5, 5.41) is 17.2. The molecule has 0 unspecified atom stereocenters. The lowest BCUT2D eigenvalue weighted by molar-refractivity contribution is -0.144. The summed E-state index contributed by atoms with van der Waals surface area (Å²) in [4.78, 5) is 21.0. The van der Waals surface area contributed by atoms with Crippen molar-refractivity contribution in [3.05, 3.63) is 0 Å². The number of carboxylic acid groups (broad SMARTS) is 2. The van der Waals surface area contributed by atoms with Crippen LogP contribution in [0.3, 0.4) is 0 Å². The van der Waals surface area contributed by atoms with Crippen molar-refractivity contribution in [1.29, 1.82) is 0 Å². The molecule has 0 aromatic rings. The molecule has 5 nitrogen and oxygen atoms in total. The van der Waals surface area contributed by atoms with Crippen molar-refractivity contribution in [2.75, 3.05) is 7.11 Å². The number of carboxylic acids is 2. The van der Waals surface area contributed by atoms with Crippen LogP contribution in [0, 0.1) is 11.8 Å². The molecule has 1 aliphatic carbocycles. The molecule has 0 aromatic heterocycles. The van der Waals surface area contributed by atoms with Crippen molar-refractivity contribution in [2.45, 2.75) is 12.5 Å². The number of methoxy groups -OCH3 is 1. The van der Waals surface area contributed by atoms with Crippen molar-refractivity contribution in [3.63, 3.8) is 0 Å². The van der Waals surface area contributed by atoms with Crippen LogP contribution in [0.4, 0.5) is 0 Å². The fourth-order valence-corrected chi connectivity index (χ4v) is 1.52. The summed E-state index contributed by atoms with van der Waals surface area (Å²) in [7, 11) is 1.32. The molecule has 0 saturated heterocycles. The van der Waals surface area contributed by atoms with Crippen molar-refractivity contribution in [2.24, 2.45) is 11.8 Å². The maximum Gasteiger partial charge on any atom is 0.310 e. The highest BCUT2D eigenvalue weighted by Gasteiger charge is 2.70. The van der Waals surface area contributed by atoms with E-state index >= 15 is 0 Å². The van der Waals surface area contributed by atoms with Crippen LogP contribution in [0.2, 0.25) is 0 Å². The first kappa shape index (κ1) is 8.99. The lowest BCUT2D eigenvalue weighted by atomic mass is 10.3. The van der Waals surface area contributed by atoms with E-state index in [1.54, 1.807) is 0 Å². The molecule has 1 aliphatic rings. The summed E-state index contributed by atoms with van der Waals surface area (Å²) in [5.74, 6) is -4.07. The minimum Gasteiger partial charge on any atom is -0.481 e. The second kappa shape index (κ2) is 2.45. The molecule has 0 aromatic carbocycles. The van der Waals surface area contributed by atoms with E-state index < -0.39 is 29.4 Å². The summed E-state index contributed by atoms with van der Waals surface area (Å²) in [6.45, 7) is 1.49. The molecule has 0 bridgehead atoms. The van der Waals surface area contributed by atoms with Crippen molar-refractivity contribution >= 4 is 11.9 Å². The van der Waals surface area contributed by atoms with E-state index in [2.05, 4.69) is 0 Å². The van der Waals surface area contributed by atoms with Crippen LogP contribution < -0.4 is 0 Å². The lowest BCUT2D eigenvalue weighted by Gasteiger charge is -2.05. The molecule has 0 radical (unpaired) electrons. The van der Waals surface area contributed by atoms with Gasteiger partial charge in [0.2, 0.25) is 0 Å². The smallest absolute Gasteiger partial charge is 0.310 e. The molecule has 1 rings (SSSR count). The third kappa shape index (κ3) is 0.972. The number of ether oxygens (including phenoxy) is 1. The van der Waals surface area contributed by atoms with Gasteiger partial charge in [-0.25, -0.2) is 0 Å². The zero-order chi connectivity index (χ0) is 9.52. The first-order valence-electron chi connectivity index (χ1n) is 3.46. The molecule has 1 fully saturated rings. The molecular formula is C7H10O5. The SMILES string of the molecule is COC1(C)[C@@H](C(=O)O)[C@@H]1C(=O)O. The maximum absolute atomic E-state index is 10.5. The summed E-state index contributed by atoms with van der Waals surface area (Å²) < 4.78 is 4.83. The maximum atomic E-state index is 10.5. The Hall–Kier alpha value is -1.10. The molecule has 0 amide bonds. The molecule has 0 heterocycles. The predicted molar refractivity (Wildman–Crippen MR) is 37.7 cm³/mol. The van der Waals surface area contributed by atoms with E-state index in [1.165, 1.54) is 14.0 Å². The number of hydrogen-bond acceptors (Lipinski definition) is 3. The largest absolute Gasteiger partial charge is 0.481 e. The van der Waals surface area contributed by atoms with Crippen LogP contribution in [0.5, 0.6) is 0 Å². The standard InChI is InChI=1S/C7H10O5/c1-7(12-2)3(5(8)9)4(7)6(10)11/h3-4H,1-2H3,(H,8,9)(H,10,11)/t3-,4-/m1/s1. The second-order valence-electron chi connectivity index (χ2n) is 3.02. The van der Waals surface area contributed by atoms with Gasteiger partial charge < -0.3 is 14.9 Å². The number of hydrogen-bond donors (Lipinski definition) is 2. The Morgan fingerprint density at radius 3 is 1.67 bits per heavy atom. The van der Waals surface area contributed by atoms with Gasteiger partial charge in [0.25, 0.3) is 0 Å². The Morgan fingerprint density at radius 1 is 1.25 bits per heavy atom. The lowest BCUT2D eigenvalue weighted by Crippen LogP contribution is -2.16. The van der Waals surface area contributed by atoms with Crippen molar-refractivity contribution < 1.29 is 24.5 Å². The number of aliphatic carboxylic acids is 2. The zero-order valence-corrected chi connectivity index (χ0v) is 6.77. The van der Waals surface area contributed by atoms with E-state index in [-0.39, 0.29) is 0 Å². The molecular weight excluding hydrogens is 164 g/mol. The van der Waals surface area contributed by atoms with Crippen LogP contribution in [0.1, 0.15) is 6.92 Å². The van der Waals surface area contributed by atoms with E-state index in [1.807, 2.05) is 0 Å². The van der Waals surface area contributed by atoms with Crippen molar-refractivity contribution in [1.82, 2.24) is 0 Å². The van der Waals surface area contributed by atoms with Gasteiger partial charge in [0, 0.05) is 7.11 Å². The van der Waals surface area contributed by atoms with E-state index in [9.17, 15) is 9.59 Å². The highest BCUT2D eigenvalue weighted by atomic mass is 16.5. The Balaban J connectivity index is 2.81. The third-order valence-corrected chi connectivity index (χ3v) is 2.43.